The second-order valence-electron chi connectivity index (χ2n) is 7.46. The lowest BCUT2D eigenvalue weighted by atomic mass is 10.0. The van der Waals surface area contributed by atoms with Gasteiger partial charge in [-0.2, -0.15) is 0 Å². The molecule has 10 nitrogen and oxygen atoms in total. The summed E-state index contributed by atoms with van der Waals surface area (Å²) in [5.74, 6) is -3.07. The molecule has 0 aromatic heterocycles. The summed E-state index contributed by atoms with van der Waals surface area (Å²) < 4.78 is 0. The Morgan fingerprint density at radius 3 is 2.00 bits per heavy atom. The lowest BCUT2D eigenvalue weighted by Gasteiger charge is -2.24. The molecule has 0 fully saturated rings. The lowest BCUT2D eigenvalue weighted by molar-refractivity contribution is -0.142. The van der Waals surface area contributed by atoms with E-state index < -0.39 is 48.4 Å². The number of aliphatic carboxylic acids is 1. The number of carbonyl (C=O) groups excluding carboxylic acids is 3. The predicted molar refractivity (Wildman–Crippen MR) is 105 cm³/mol. The maximum atomic E-state index is 12.4. The Morgan fingerprint density at radius 2 is 1.54 bits per heavy atom. The van der Waals surface area contributed by atoms with Gasteiger partial charge in [0.2, 0.25) is 17.7 Å². The standard InChI is InChI=1S/C18H35N5O5/c1-10(2)14(20)16(25)23-15(11(3)4)17(26)21-9-13(24)22-12(18(27)28)7-5-6-8-19/h10-12,14-15H,5-9,19-20H2,1-4H3,(H,21,26)(H,22,24)(H,23,25)(H,27,28). The Kier molecular flexibility index (Phi) is 12.0. The molecule has 162 valence electrons. The summed E-state index contributed by atoms with van der Waals surface area (Å²) in [5.41, 5.74) is 11.2. The van der Waals surface area contributed by atoms with Crippen LogP contribution in [0.3, 0.4) is 0 Å². The Labute approximate surface area is 166 Å². The zero-order valence-corrected chi connectivity index (χ0v) is 17.2. The number of carboxylic acid groups (broad SMARTS) is 1. The number of carboxylic acids is 1. The largest absolute Gasteiger partial charge is 0.480 e. The van der Waals surface area contributed by atoms with E-state index in [-0.39, 0.29) is 18.3 Å². The summed E-state index contributed by atoms with van der Waals surface area (Å²) >= 11 is 0. The number of unbranched alkanes of at least 4 members (excludes halogenated alkanes) is 1. The highest BCUT2D eigenvalue weighted by Gasteiger charge is 2.28. The normalized spacial score (nSPS) is 14.3. The molecule has 28 heavy (non-hydrogen) atoms. The van der Waals surface area contributed by atoms with Gasteiger partial charge in [-0.3, -0.25) is 14.4 Å². The minimum atomic E-state index is -1.15. The minimum absolute atomic E-state index is 0.0890. The summed E-state index contributed by atoms with van der Waals surface area (Å²) in [7, 11) is 0. The van der Waals surface area contributed by atoms with Crippen LogP contribution in [0, 0.1) is 11.8 Å². The summed E-state index contributed by atoms with van der Waals surface area (Å²) in [6.07, 6.45) is 1.48. The van der Waals surface area contributed by atoms with Gasteiger partial charge >= 0.3 is 5.97 Å². The fourth-order valence-electron chi connectivity index (χ4n) is 2.36. The van der Waals surface area contributed by atoms with Crippen molar-refractivity contribution < 1.29 is 24.3 Å². The Bertz CT molecular complexity index is 538. The molecule has 10 heteroatoms. The van der Waals surface area contributed by atoms with Gasteiger partial charge in [-0.25, -0.2) is 4.79 Å². The van der Waals surface area contributed by atoms with Crippen molar-refractivity contribution in [1.82, 2.24) is 16.0 Å². The van der Waals surface area contributed by atoms with E-state index in [4.69, 9.17) is 16.6 Å². The number of nitrogens with one attached hydrogen (secondary N) is 3. The van der Waals surface area contributed by atoms with Crippen molar-refractivity contribution in [2.75, 3.05) is 13.1 Å². The first-order valence-electron chi connectivity index (χ1n) is 9.57. The van der Waals surface area contributed by atoms with Gasteiger partial charge in [0.1, 0.15) is 12.1 Å². The second kappa shape index (κ2) is 13.1. The lowest BCUT2D eigenvalue weighted by Crippen LogP contribution is -2.56. The van der Waals surface area contributed by atoms with E-state index in [0.717, 1.165) is 0 Å². The molecular weight excluding hydrogens is 366 g/mol. The van der Waals surface area contributed by atoms with Crippen LogP contribution in [-0.4, -0.2) is 60.0 Å². The molecule has 0 saturated carbocycles. The molecule has 0 saturated heterocycles. The van der Waals surface area contributed by atoms with Crippen molar-refractivity contribution in [1.29, 1.82) is 0 Å². The van der Waals surface area contributed by atoms with E-state index in [9.17, 15) is 19.2 Å². The number of rotatable bonds is 13. The van der Waals surface area contributed by atoms with Crippen molar-refractivity contribution >= 4 is 23.7 Å². The van der Waals surface area contributed by atoms with Gasteiger partial charge in [-0.1, -0.05) is 27.7 Å². The molecule has 0 aromatic rings. The fraction of sp³-hybridized carbons (Fsp3) is 0.778. The van der Waals surface area contributed by atoms with Gasteiger partial charge in [0.25, 0.3) is 0 Å². The van der Waals surface area contributed by atoms with Crippen LogP contribution in [-0.2, 0) is 19.2 Å². The maximum absolute atomic E-state index is 12.4. The molecule has 3 amide bonds. The molecule has 0 radical (unpaired) electrons. The van der Waals surface area contributed by atoms with Crippen LogP contribution >= 0.6 is 0 Å². The number of nitrogens with two attached hydrogens (primary N) is 2. The molecule has 8 N–H and O–H groups in total. The van der Waals surface area contributed by atoms with Crippen LogP contribution in [0.1, 0.15) is 47.0 Å². The average Bonchev–Trinajstić information content (AvgIpc) is 2.61. The van der Waals surface area contributed by atoms with E-state index in [1.807, 2.05) is 0 Å². The molecule has 0 bridgehead atoms. The number of carbonyl (C=O) groups is 4. The smallest absolute Gasteiger partial charge is 0.326 e. The van der Waals surface area contributed by atoms with Gasteiger partial charge < -0.3 is 32.5 Å². The summed E-state index contributed by atoms with van der Waals surface area (Å²) in [5, 5.41) is 16.6. The molecule has 0 aromatic carbocycles. The first-order valence-corrected chi connectivity index (χ1v) is 9.57. The van der Waals surface area contributed by atoms with Crippen LogP contribution in [0.25, 0.3) is 0 Å². The van der Waals surface area contributed by atoms with E-state index >= 15 is 0 Å². The van der Waals surface area contributed by atoms with Crippen molar-refractivity contribution in [2.24, 2.45) is 23.3 Å². The van der Waals surface area contributed by atoms with Crippen molar-refractivity contribution in [3.8, 4) is 0 Å². The highest BCUT2D eigenvalue weighted by Crippen LogP contribution is 2.05. The zero-order chi connectivity index (χ0) is 21.9. The van der Waals surface area contributed by atoms with Gasteiger partial charge in [-0.15, -0.1) is 0 Å². The van der Waals surface area contributed by atoms with Crippen molar-refractivity contribution in [2.45, 2.75) is 65.1 Å². The number of hydrogen-bond donors (Lipinski definition) is 6. The Hall–Kier alpha value is -2.20. The quantitative estimate of drug-likeness (QED) is 0.213. The third kappa shape index (κ3) is 9.65. The molecule has 0 aliphatic heterocycles. The van der Waals surface area contributed by atoms with Gasteiger partial charge in [0, 0.05) is 0 Å². The van der Waals surface area contributed by atoms with E-state index in [2.05, 4.69) is 16.0 Å². The van der Waals surface area contributed by atoms with E-state index in [0.29, 0.717) is 19.4 Å². The van der Waals surface area contributed by atoms with Crippen molar-refractivity contribution in [3.05, 3.63) is 0 Å². The first-order chi connectivity index (χ1) is 13.0. The summed E-state index contributed by atoms with van der Waals surface area (Å²) in [6.45, 7) is 7.15. The molecular formula is C18H35N5O5. The minimum Gasteiger partial charge on any atom is -0.480 e. The molecule has 0 aliphatic rings. The molecule has 0 spiro atoms. The third-order valence-electron chi connectivity index (χ3n) is 4.27. The summed E-state index contributed by atoms with van der Waals surface area (Å²) in [6, 6.07) is -2.65. The molecule has 3 unspecified atom stereocenters. The van der Waals surface area contributed by atoms with Crippen LogP contribution in [0.2, 0.25) is 0 Å². The molecule has 3 atom stereocenters. The predicted octanol–water partition coefficient (Wildman–Crippen LogP) is -1.07. The zero-order valence-electron chi connectivity index (χ0n) is 17.2. The number of hydrogen-bond acceptors (Lipinski definition) is 6. The monoisotopic (exact) mass is 401 g/mol. The second-order valence-corrected chi connectivity index (χ2v) is 7.46. The van der Waals surface area contributed by atoms with Crippen LogP contribution in [0.5, 0.6) is 0 Å². The average molecular weight is 402 g/mol. The molecule has 0 aliphatic carbocycles. The van der Waals surface area contributed by atoms with E-state index in [1.165, 1.54) is 0 Å². The van der Waals surface area contributed by atoms with E-state index in [1.54, 1.807) is 27.7 Å². The van der Waals surface area contributed by atoms with Crippen LogP contribution < -0.4 is 27.4 Å². The van der Waals surface area contributed by atoms with Gasteiger partial charge in [0.15, 0.2) is 0 Å². The highest BCUT2D eigenvalue weighted by molar-refractivity contribution is 5.92. The molecule has 0 heterocycles. The SMILES string of the molecule is CC(C)C(N)C(=O)NC(C(=O)NCC(=O)NC(CCCCN)C(=O)O)C(C)C. The topological polar surface area (TPSA) is 177 Å². The summed E-state index contributed by atoms with van der Waals surface area (Å²) in [4.78, 5) is 47.7. The van der Waals surface area contributed by atoms with Gasteiger partial charge in [-0.05, 0) is 37.6 Å². The molecule has 0 rings (SSSR count). The highest BCUT2D eigenvalue weighted by atomic mass is 16.4. The Balaban J connectivity index is 4.69. The van der Waals surface area contributed by atoms with Crippen molar-refractivity contribution in [3.63, 3.8) is 0 Å². The Morgan fingerprint density at radius 1 is 0.929 bits per heavy atom. The van der Waals surface area contributed by atoms with Crippen LogP contribution in [0.15, 0.2) is 0 Å². The van der Waals surface area contributed by atoms with Crippen LogP contribution in [0.4, 0.5) is 0 Å². The first kappa shape index (κ1) is 25.8. The maximum Gasteiger partial charge on any atom is 0.326 e. The van der Waals surface area contributed by atoms with Gasteiger partial charge in [0.05, 0.1) is 12.6 Å². The third-order valence-corrected chi connectivity index (χ3v) is 4.27. The fourth-order valence-corrected chi connectivity index (χ4v) is 2.36. The number of amides is 3.